The van der Waals surface area contributed by atoms with Crippen LogP contribution in [0, 0.1) is 6.92 Å². The third-order valence-corrected chi connectivity index (χ3v) is 3.42. The Morgan fingerprint density at radius 1 is 1.08 bits per heavy atom. The molecule has 66 valence electrons. The monoisotopic (exact) mass is 178 g/mol. The second-order valence-electron chi connectivity index (χ2n) is 4.66. The number of hydrogen-bond donors (Lipinski definition) is 0. The van der Waals surface area contributed by atoms with Gasteiger partial charge in [0, 0.05) is 8.07 Å². The van der Waals surface area contributed by atoms with Gasteiger partial charge in [-0.15, -0.1) is 0 Å². The largest absolute Gasteiger partial charge is 0.0693 e. The average molecular weight is 178 g/mol. The summed E-state index contributed by atoms with van der Waals surface area (Å²) in [5.41, 5.74) is 2.98. The van der Waals surface area contributed by atoms with Crippen molar-refractivity contribution < 1.29 is 0 Å². The van der Waals surface area contributed by atoms with Gasteiger partial charge >= 0.3 is 0 Å². The highest BCUT2D eigenvalue weighted by Gasteiger charge is 2.14. The summed E-state index contributed by atoms with van der Waals surface area (Å²) >= 11 is 0. The summed E-state index contributed by atoms with van der Waals surface area (Å²) in [4.78, 5) is 0. The lowest BCUT2D eigenvalue weighted by Crippen LogP contribution is -2.24. The Hall–Kier alpha value is -0.563. The minimum atomic E-state index is -0.929. The van der Waals surface area contributed by atoms with E-state index < -0.39 is 8.07 Å². The van der Waals surface area contributed by atoms with Gasteiger partial charge < -0.3 is 0 Å². The Morgan fingerprint density at radius 3 is 2.17 bits per heavy atom. The summed E-state index contributed by atoms with van der Waals surface area (Å²) in [5.74, 6) is 0. The average Bonchev–Trinajstić information content (AvgIpc) is 1.91. The summed E-state index contributed by atoms with van der Waals surface area (Å²) in [5, 5.41) is 0. The predicted octanol–water partition coefficient (Wildman–Crippen LogP) is 3.41. The zero-order valence-electron chi connectivity index (χ0n) is 8.52. The van der Waals surface area contributed by atoms with Crippen LogP contribution in [-0.2, 0) is 6.04 Å². The van der Waals surface area contributed by atoms with Gasteiger partial charge in [-0.2, -0.15) is 0 Å². The molecule has 0 heterocycles. The van der Waals surface area contributed by atoms with Crippen molar-refractivity contribution >= 4 is 8.07 Å². The molecule has 0 aliphatic carbocycles. The molecule has 0 saturated heterocycles. The van der Waals surface area contributed by atoms with Gasteiger partial charge in [-0.3, -0.25) is 0 Å². The molecule has 1 aromatic rings. The smallest absolute Gasteiger partial charge is 0.0487 e. The van der Waals surface area contributed by atoms with Crippen molar-refractivity contribution in [3.05, 3.63) is 35.4 Å². The third-order valence-electron chi connectivity index (χ3n) is 1.98. The molecular weight excluding hydrogens is 160 g/mol. The van der Waals surface area contributed by atoms with Crippen LogP contribution < -0.4 is 0 Å². The third kappa shape index (κ3) is 2.82. The fourth-order valence-electron chi connectivity index (χ4n) is 1.38. The van der Waals surface area contributed by atoms with Gasteiger partial charge in [0.25, 0.3) is 0 Å². The molecule has 0 aliphatic rings. The lowest BCUT2D eigenvalue weighted by atomic mass is 10.1. The van der Waals surface area contributed by atoms with E-state index in [4.69, 9.17) is 0 Å². The molecule has 0 spiro atoms. The molecule has 1 aromatic carbocycles. The van der Waals surface area contributed by atoms with Crippen LogP contribution in [0.2, 0.25) is 19.6 Å². The number of aryl methyl sites for hydroxylation is 1. The minimum Gasteiger partial charge on any atom is -0.0693 e. The summed E-state index contributed by atoms with van der Waals surface area (Å²) in [7, 11) is -0.929. The molecule has 0 unspecified atom stereocenters. The van der Waals surface area contributed by atoms with Crippen LogP contribution in [-0.4, -0.2) is 8.07 Å². The zero-order valence-corrected chi connectivity index (χ0v) is 9.52. The predicted molar refractivity (Wildman–Crippen MR) is 58.2 cm³/mol. The molecule has 0 nitrogen and oxygen atoms in total. The van der Waals surface area contributed by atoms with Gasteiger partial charge in [0.1, 0.15) is 0 Å². The Morgan fingerprint density at radius 2 is 1.67 bits per heavy atom. The lowest BCUT2D eigenvalue weighted by Gasteiger charge is -2.17. The molecule has 0 aromatic heterocycles. The van der Waals surface area contributed by atoms with Crippen molar-refractivity contribution in [1.82, 2.24) is 0 Å². The van der Waals surface area contributed by atoms with Gasteiger partial charge in [-0.1, -0.05) is 43.9 Å². The molecule has 0 atom stereocenters. The van der Waals surface area contributed by atoms with Crippen molar-refractivity contribution in [2.75, 3.05) is 0 Å². The maximum absolute atomic E-state index is 2.42. The van der Waals surface area contributed by atoms with E-state index in [0.29, 0.717) is 0 Å². The Balaban J connectivity index is 2.83. The van der Waals surface area contributed by atoms with E-state index in [0.717, 1.165) is 0 Å². The highest BCUT2D eigenvalue weighted by atomic mass is 28.3. The van der Waals surface area contributed by atoms with Crippen molar-refractivity contribution in [3.8, 4) is 0 Å². The zero-order chi connectivity index (χ0) is 9.19. The quantitative estimate of drug-likeness (QED) is 0.609. The summed E-state index contributed by atoms with van der Waals surface area (Å²) in [6.07, 6.45) is 0. The van der Waals surface area contributed by atoms with Gasteiger partial charge in [0.05, 0.1) is 0 Å². The topological polar surface area (TPSA) is 0 Å². The first kappa shape index (κ1) is 9.52. The molecule has 0 fully saturated rings. The highest BCUT2D eigenvalue weighted by Crippen LogP contribution is 2.14. The number of benzene rings is 1. The molecule has 1 rings (SSSR count). The van der Waals surface area contributed by atoms with Gasteiger partial charge in [0.15, 0.2) is 0 Å². The van der Waals surface area contributed by atoms with Gasteiger partial charge in [-0.05, 0) is 24.1 Å². The normalized spacial score (nSPS) is 11.7. The molecule has 0 amide bonds. The van der Waals surface area contributed by atoms with E-state index in [1.807, 2.05) is 0 Å². The molecule has 1 heteroatoms. The Labute approximate surface area is 76.6 Å². The van der Waals surface area contributed by atoms with Crippen LogP contribution in [0.3, 0.4) is 0 Å². The lowest BCUT2D eigenvalue weighted by molar-refractivity contribution is 1.24. The second kappa shape index (κ2) is 3.44. The molecule has 12 heavy (non-hydrogen) atoms. The Bertz CT molecular complexity index is 258. The summed E-state index contributed by atoms with van der Waals surface area (Å²) < 4.78 is 0. The standard InChI is InChI=1S/C11H18Si/c1-10-7-5-6-8-11(10)9-12(2,3)4/h5-8H,9H2,1-4H3. The van der Waals surface area contributed by atoms with Crippen molar-refractivity contribution in [2.45, 2.75) is 32.6 Å². The summed E-state index contributed by atoms with van der Waals surface area (Å²) in [6, 6.07) is 10.0. The molecule has 0 aliphatic heterocycles. The van der Waals surface area contributed by atoms with Crippen molar-refractivity contribution in [2.24, 2.45) is 0 Å². The highest BCUT2D eigenvalue weighted by molar-refractivity contribution is 6.75. The van der Waals surface area contributed by atoms with Crippen molar-refractivity contribution in [3.63, 3.8) is 0 Å². The number of hydrogen-bond acceptors (Lipinski definition) is 0. The van der Waals surface area contributed by atoms with E-state index in [9.17, 15) is 0 Å². The van der Waals surface area contributed by atoms with E-state index in [2.05, 4.69) is 50.8 Å². The van der Waals surface area contributed by atoms with E-state index in [-0.39, 0.29) is 0 Å². The maximum atomic E-state index is 2.42. The fraction of sp³-hybridized carbons (Fsp3) is 0.455. The van der Waals surface area contributed by atoms with Crippen LogP contribution in [0.15, 0.2) is 24.3 Å². The fourth-order valence-corrected chi connectivity index (χ4v) is 2.92. The maximum Gasteiger partial charge on any atom is 0.0487 e. The SMILES string of the molecule is Cc1ccccc1C[Si](C)(C)C. The number of rotatable bonds is 2. The van der Waals surface area contributed by atoms with E-state index >= 15 is 0 Å². The Kier molecular flexibility index (Phi) is 2.73. The molecule has 0 saturated carbocycles. The minimum absolute atomic E-state index is 0.929. The first-order valence-electron chi connectivity index (χ1n) is 4.53. The molecule has 0 bridgehead atoms. The molecule has 0 radical (unpaired) electrons. The first-order chi connectivity index (χ1) is 5.49. The van der Waals surface area contributed by atoms with Crippen LogP contribution in [0.4, 0.5) is 0 Å². The molecular formula is C11H18Si. The second-order valence-corrected chi connectivity index (χ2v) is 10.1. The van der Waals surface area contributed by atoms with Crippen LogP contribution in [0.1, 0.15) is 11.1 Å². The molecule has 0 N–H and O–H groups in total. The van der Waals surface area contributed by atoms with Gasteiger partial charge in [0.2, 0.25) is 0 Å². The van der Waals surface area contributed by atoms with Gasteiger partial charge in [-0.25, -0.2) is 0 Å². The van der Waals surface area contributed by atoms with Crippen LogP contribution in [0.5, 0.6) is 0 Å². The van der Waals surface area contributed by atoms with E-state index in [1.165, 1.54) is 17.2 Å². The summed E-state index contributed by atoms with van der Waals surface area (Å²) in [6.45, 7) is 9.45. The van der Waals surface area contributed by atoms with Crippen molar-refractivity contribution in [1.29, 1.82) is 0 Å². The van der Waals surface area contributed by atoms with Crippen LogP contribution in [0.25, 0.3) is 0 Å². The van der Waals surface area contributed by atoms with E-state index in [1.54, 1.807) is 0 Å². The first-order valence-corrected chi connectivity index (χ1v) is 8.24. The van der Waals surface area contributed by atoms with Crippen LogP contribution >= 0.6 is 0 Å².